The van der Waals surface area contributed by atoms with Crippen molar-refractivity contribution < 1.29 is 0 Å². The zero-order valence-electron chi connectivity index (χ0n) is 10.6. The molecular weight excluding hydrogens is 222 g/mol. The van der Waals surface area contributed by atoms with Crippen LogP contribution < -0.4 is 10.2 Å². The highest BCUT2D eigenvalue weighted by molar-refractivity contribution is 5.58. The highest BCUT2D eigenvalue weighted by atomic mass is 15.1. The first-order valence-electron chi connectivity index (χ1n) is 6.32. The Morgan fingerprint density at radius 3 is 2.89 bits per heavy atom. The Morgan fingerprint density at radius 1 is 1.22 bits per heavy atom. The topological polar surface area (TPSA) is 28.2 Å². The lowest BCUT2D eigenvalue weighted by molar-refractivity contribution is 0.832. The van der Waals surface area contributed by atoms with Gasteiger partial charge in [0.15, 0.2) is 0 Å². The predicted octanol–water partition coefficient (Wildman–Crippen LogP) is 2.69. The van der Waals surface area contributed by atoms with Crippen molar-refractivity contribution in [2.75, 3.05) is 23.8 Å². The van der Waals surface area contributed by atoms with Crippen LogP contribution in [0.2, 0.25) is 0 Å². The van der Waals surface area contributed by atoms with Gasteiger partial charge < -0.3 is 10.2 Å². The molecule has 3 rings (SSSR count). The predicted molar refractivity (Wildman–Crippen MR) is 75.0 cm³/mol. The Morgan fingerprint density at radius 2 is 2.11 bits per heavy atom. The van der Waals surface area contributed by atoms with Gasteiger partial charge in [0, 0.05) is 32.0 Å². The van der Waals surface area contributed by atoms with Gasteiger partial charge in [-0.05, 0) is 29.7 Å². The second kappa shape index (κ2) is 4.69. The van der Waals surface area contributed by atoms with Crippen molar-refractivity contribution in [2.24, 2.45) is 0 Å². The number of hydrogen-bond donors (Lipinski definition) is 1. The monoisotopic (exact) mass is 239 g/mol. The normalized spacial score (nSPS) is 13.5. The molecule has 1 aliphatic rings. The van der Waals surface area contributed by atoms with Gasteiger partial charge in [0.2, 0.25) is 0 Å². The third kappa shape index (κ3) is 2.04. The lowest BCUT2D eigenvalue weighted by Gasteiger charge is -2.19. The molecule has 0 atom stereocenters. The molecule has 0 spiro atoms. The van der Waals surface area contributed by atoms with Crippen molar-refractivity contribution >= 4 is 11.5 Å². The first-order valence-corrected chi connectivity index (χ1v) is 6.32. The van der Waals surface area contributed by atoms with Crippen LogP contribution in [0.3, 0.4) is 0 Å². The van der Waals surface area contributed by atoms with Crippen molar-refractivity contribution in [1.82, 2.24) is 4.98 Å². The van der Waals surface area contributed by atoms with Gasteiger partial charge in [0.1, 0.15) is 5.82 Å². The fraction of sp³-hybridized carbons (Fsp3) is 0.267. The minimum Gasteiger partial charge on any atom is -0.373 e. The number of rotatable bonds is 3. The number of aromatic nitrogens is 1. The van der Waals surface area contributed by atoms with Crippen LogP contribution in [-0.2, 0) is 13.0 Å². The summed E-state index contributed by atoms with van der Waals surface area (Å²) in [6, 6.07) is 12.8. The summed E-state index contributed by atoms with van der Waals surface area (Å²) in [6.45, 7) is 2.04. The number of benzene rings is 1. The van der Waals surface area contributed by atoms with E-state index in [4.69, 9.17) is 0 Å². The quantitative estimate of drug-likeness (QED) is 0.892. The van der Waals surface area contributed by atoms with Crippen molar-refractivity contribution in [3.63, 3.8) is 0 Å². The van der Waals surface area contributed by atoms with Gasteiger partial charge in [0.25, 0.3) is 0 Å². The van der Waals surface area contributed by atoms with Crippen LogP contribution in [0.5, 0.6) is 0 Å². The van der Waals surface area contributed by atoms with Crippen LogP contribution in [-0.4, -0.2) is 18.6 Å². The van der Waals surface area contributed by atoms with Crippen LogP contribution in [0.1, 0.15) is 11.1 Å². The first kappa shape index (κ1) is 11.1. The van der Waals surface area contributed by atoms with E-state index in [9.17, 15) is 0 Å². The summed E-state index contributed by atoms with van der Waals surface area (Å²) in [5, 5.41) is 3.04. The summed E-state index contributed by atoms with van der Waals surface area (Å²) in [6.07, 6.45) is 3.10. The molecule has 3 nitrogen and oxygen atoms in total. The highest BCUT2D eigenvalue weighted by Gasteiger charge is 2.18. The SMILES string of the molecule is CNc1ccc(CN2CCc3ccccc32)cn1. The van der Waals surface area contributed by atoms with Gasteiger partial charge in [-0.2, -0.15) is 0 Å². The number of fused-ring (bicyclic) bond motifs is 1. The van der Waals surface area contributed by atoms with Crippen molar-refractivity contribution in [2.45, 2.75) is 13.0 Å². The van der Waals surface area contributed by atoms with E-state index in [0.717, 1.165) is 25.3 Å². The third-order valence-electron chi connectivity index (χ3n) is 3.44. The largest absolute Gasteiger partial charge is 0.373 e. The van der Waals surface area contributed by atoms with E-state index in [1.165, 1.54) is 16.8 Å². The number of nitrogens with one attached hydrogen (secondary N) is 1. The van der Waals surface area contributed by atoms with Crippen LogP contribution in [0, 0.1) is 0 Å². The smallest absolute Gasteiger partial charge is 0.125 e. The van der Waals surface area contributed by atoms with Gasteiger partial charge in [-0.1, -0.05) is 24.3 Å². The van der Waals surface area contributed by atoms with E-state index in [2.05, 4.69) is 45.5 Å². The Labute approximate surface area is 107 Å². The van der Waals surface area contributed by atoms with Crippen molar-refractivity contribution in [3.8, 4) is 0 Å². The molecule has 1 N–H and O–H groups in total. The first-order chi connectivity index (χ1) is 8.86. The molecule has 0 unspecified atom stereocenters. The Balaban J connectivity index is 1.77. The number of pyridine rings is 1. The number of hydrogen-bond acceptors (Lipinski definition) is 3. The average Bonchev–Trinajstić information content (AvgIpc) is 2.83. The molecule has 18 heavy (non-hydrogen) atoms. The summed E-state index contributed by atoms with van der Waals surface area (Å²) in [7, 11) is 1.89. The number of nitrogens with zero attached hydrogens (tertiary/aromatic N) is 2. The Kier molecular flexibility index (Phi) is 2.89. The van der Waals surface area contributed by atoms with E-state index in [1.807, 2.05) is 19.3 Å². The zero-order valence-corrected chi connectivity index (χ0v) is 10.6. The molecule has 0 aliphatic carbocycles. The summed E-state index contributed by atoms with van der Waals surface area (Å²) < 4.78 is 0. The summed E-state index contributed by atoms with van der Waals surface area (Å²) >= 11 is 0. The molecule has 2 heterocycles. The average molecular weight is 239 g/mol. The van der Waals surface area contributed by atoms with Crippen molar-refractivity contribution in [3.05, 3.63) is 53.7 Å². The second-order valence-electron chi connectivity index (χ2n) is 4.60. The van der Waals surface area contributed by atoms with Gasteiger partial charge in [-0.3, -0.25) is 0 Å². The molecular formula is C15H17N3. The van der Waals surface area contributed by atoms with E-state index in [-0.39, 0.29) is 0 Å². The summed E-state index contributed by atoms with van der Waals surface area (Å²) in [4.78, 5) is 6.78. The van der Waals surface area contributed by atoms with Crippen LogP contribution in [0.25, 0.3) is 0 Å². The van der Waals surface area contributed by atoms with E-state index >= 15 is 0 Å². The molecule has 0 radical (unpaired) electrons. The van der Waals surface area contributed by atoms with E-state index < -0.39 is 0 Å². The molecule has 92 valence electrons. The maximum absolute atomic E-state index is 4.36. The molecule has 0 saturated carbocycles. The third-order valence-corrected chi connectivity index (χ3v) is 3.44. The minimum atomic E-state index is 0.917. The van der Waals surface area contributed by atoms with Gasteiger partial charge in [0.05, 0.1) is 0 Å². The molecule has 0 bridgehead atoms. The highest BCUT2D eigenvalue weighted by Crippen LogP contribution is 2.28. The van der Waals surface area contributed by atoms with E-state index in [0.29, 0.717) is 0 Å². The molecule has 1 aromatic heterocycles. The van der Waals surface area contributed by atoms with Gasteiger partial charge in [-0.15, -0.1) is 0 Å². The fourth-order valence-corrected chi connectivity index (χ4v) is 2.46. The maximum atomic E-state index is 4.36. The summed E-state index contributed by atoms with van der Waals surface area (Å²) in [5.41, 5.74) is 4.08. The molecule has 0 fully saturated rings. The van der Waals surface area contributed by atoms with Gasteiger partial charge >= 0.3 is 0 Å². The zero-order chi connectivity index (χ0) is 12.4. The lowest BCUT2D eigenvalue weighted by atomic mass is 10.2. The van der Waals surface area contributed by atoms with Crippen LogP contribution >= 0.6 is 0 Å². The standard InChI is InChI=1S/C15H17N3/c1-16-15-7-6-12(10-17-15)11-18-9-8-13-4-2-3-5-14(13)18/h2-7,10H,8-9,11H2,1H3,(H,16,17). The van der Waals surface area contributed by atoms with Crippen LogP contribution in [0.15, 0.2) is 42.6 Å². The summed E-state index contributed by atoms with van der Waals surface area (Å²) in [5.74, 6) is 0.917. The van der Waals surface area contributed by atoms with Gasteiger partial charge in [-0.25, -0.2) is 4.98 Å². The molecule has 1 aliphatic heterocycles. The lowest BCUT2D eigenvalue weighted by Crippen LogP contribution is -2.19. The number of anilines is 2. The molecule has 0 amide bonds. The Bertz CT molecular complexity index is 534. The fourth-order valence-electron chi connectivity index (χ4n) is 2.46. The maximum Gasteiger partial charge on any atom is 0.125 e. The van der Waals surface area contributed by atoms with E-state index in [1.54, 1.807) is 0 Å². The molecule has 2 aromatic rings. The minimum absolute atomic E-state index is 0.917. The molecule has 3 heteroatoms. The molecule has 1 aromatic carbocycles. The van der Waals surface area contributed by atoms with Crippen LogP contribution in [0.4, 0.5) is 11.5 Å². The second-order valence-corrected chi connectivity index (χ2v) is 4.60. The Hall–Kier alpha value is -2.03. The van der Waals surface area contributed by atoms with Crippen molar-refractivity contribution in [1.29, 1.82) is 0 Å². The number of para-hydroxylation sites is 1. The molecule has 0 saturated heterocycles.